The third-order valence-corrected chi connectivity index (χ3v) is 12.6. The van der Waals surface area contributed by atoms with Crippen molar-refractivity contribution < 1.29 is 58.7 Å². The quantitative estimate of drug-likeness (QED) is 0.100. The van der Waals surface area contributed by atoms with Gasteiger partial charge in [-0.2, -0.15) is 0 Å². The first-order valence-corrected chi connectivity index (χ1v) is 18.5. The summed E-state index contributed by atoms with van der Waals surface area (Å²) in [5.74, 6) is -9.91. The lowest BCUT2D eigenvalue weighted by Crippen LogP contribution is -2.62. The molecule has 14 nitrogen and oxygen atoms in total. The third-order valence-electron chi connectivity index (χ3n) is 12.6. The van der Waals surface area contributed by atoms with Crippen LogP contribution in [0, 0.1) is 22.7 Å². The van der Waals surface area contributed by atoms with Crippen LogP contribution in [-0.2, 0) is 38.2 Å². The second kappa shape index (κ2) is 19.7. The van der Waals surface area contributed by atoms with E-state index in [2.05, 4.69) is 79.3 Å². The maximum absolute atomic E-state index is 12.5. The highest BCUT2D eigenvalue weighted by Crippen LogP contribution is 2.45. The number of hydrogen-bond acceptors (Lipinski definition) is 10. The van der Waals surface area contributed by atoms with Gasteiger partial charge in [-0.1, -0.05) is 53.4 Å². The second-order valence-corrected chi connectivity index (χ2v) is 16.6. The predicted octanol–water partition coefficient (Wildman–Crippen LogP) is 5.55. The molecule has 300 valence electrons. The number of carboxylic acid groups (broad SMARTS) is 4. The number of esters is 2. The topological polar surface area (TPSA) is 208 Å². The molecule has 2 heterocycles. The van der Waals surface area contributed by atoms with Gasteiger partial charge in [-0.25, -0.2) is 0 Å². The fourth-order valence-electron chi connectivity index (χ4n) is 6.95. The van der Waals surface area contributed by atoms with E-state index in [1.807, 2.05) is 0 Å². The molecule has 0 bridgehead atoms. The molecular weight excluding hydrogens is 676 g/mol. The van der Waals surface area contributed by atoms with Crippen LogP contribution in [0.25, 0.3) is 0 Å². The van der Waals surface area contributed by atoms with Crippen molar-refractivity contribution in [2.75, 3.05) is 27.2 Å². The summed E-state index contributed by atoms with van der Waals surface area (Å²) in [5, 5.41) is 34.1. The Balaban J connectivity index is 0.000000710. The Bertz CT molecular complexity index is 1150. The van der Waals surface area contributed by atoms with Crippen LogP contribution in [0.15, 0.2) is 0 Å². The summed E-state index contributed by atoms with van der Waals surface area (Å²) in [6, 6.07) is 0. The molecule has 0 radical (unpaired) electrons. The number of ether oxygens (including phenoxy) is 2. The van der Waals surface area contributed by atoms with Crippen molar-refractivity contribution in [3.63, 3.8) is 0 Å². The summed E-state index contributed by atoms with van der Waals surface area (Å²) in [5.41, 5.74) is -0.197. The molecule has 0 saturated carbocycles. The zero-order chi connectivity index (χ0) is 40.2. The highest BCUT2D eigenvalue weighted by atomic mass is 16.5. The van der Waals surface area contributed by atoms with E-state index in [1.165, 1.54) is 0 Å². The Morgan fingerprint density at radius 3 is 1.12 bits per heavy atom. The lowest BCUT2D eigenvalue weighted by molar-refractivity contribution is -0.172. The minimum Gasteiger partial charge on any atom is -0.481 e. The van der Waals surface area contributed by atoms with Gasteiger partial charge in [0.1, 0.15) is 12.2 Å². The van der Waals surface area contributed by atoms with Gasteiger partial charge in [0.25, 0.3) is 0 Å². The summed E-state index contributed by atoms with van der Waals surface area (Å²) in [7, 11) is 4.30. The van der Waals surface area contributed by atoms with Crippen LogP contribution in [0.4, 0.5) is 0 Å². The Labute approximate surface area is 309 Å². The molecule has 0 aromatic rings. The van der Waals surface area contributed by atoms with Crippen LogP contribution in [0.5, 0.6) is 0 Å². The van der Waals surface area contributed by atoms with E-state index in [0.717, 1.165) is 64.5 Å². The average Bonchev–Trinajstić information content (AvgIpc) is 3.01. The Hall–Kier alpha value is -3.26. The van der Waals surface area contributed by atoms with E-state index in [0.29, 0.717) is 12.8 Å². The van der Waals surface area contributed by atoms with Gasteiger partial charge < -0.3 is 39.7 Å². The van der Waals surface area contributed by atoms with E-state index >= 15 is 0 Å². The molecule has 2 fully saturated rings. The van der Waals surface area contributed by atoms with Crippen molar-refractivity contribution in [2.45, 2.75) is 156 Å². The summed E-state index contributed by atoms with van der Waals surface area (Å²) in [6.45, 7) is 19.7. The number of carbonyl (C=O) groups is 6. The Morgan fingerprint density at radius 1 is 0.558 bits per heavy atom. The van der Waals surface area contributed by atoms with Crippen molar-refractivity contribution in [2.24, 2.45) is 22.7 Å². The zero-order valence-corrected chi connectivity index (χ0v) is 33.2. The summed E-state index contributed by atoms with van der Waals surface area (Å²) >= 11 is 0. The first-order chi connectivity index (χ1) is 23.8. The van der Waals surface area contributed by atoms with Gasteiger partial charge in [0, 0.05) is 47.8 Å². The third kappa shape index (κ3) is 12.7. The Morgan fingerprint density at radius 2 is 0.846 bits per heavy atom. The van der Waals surface area contributed by atoms with Gasteiger partial charge in [0.15, 0.2) is 0 Å². The predicted molar refractivity (Wildman–Crippen MR) is 194 cm³/mol. The molecule has 14 heteroatoms. The Kier molecular flexibility index (Phi) is 17.7. The first kappa shape index (κ1) is 46.8. The minimum atomic E-state index is -1.76. The van der Waals surface area contributed by atoms with Gasteiger partial charge in [-0.15, -0.1) is 0 Å². The number of rotatable bonds is 18. The molecule has 2 aliphatic rings. The molecule has 4 unspecified atom stereocenters. The number of nitrogens with zero attached hydrogens (tertiary/aromatic N) is 2. The van der Waals surface area contributed by atoms with Gasteiger partial charge in [-0.3, -0.25) is 28.8 Å². The van der Waals surface area contributed by atoms with E-state index < -0.39 is 48.6 Å². The first-order valence-electron chi connectivity index (χ1n) is 18.5. The maximum Gasteiger partial charge on any atom is 0.307 e. The highest BCUT2D eigenvalue weighted by molar-refractivity contribution is 5.86. The maximum atomic E-state index is 12.5. The molecular formula is C38H66N2O12. The van der Waals surface area contributed by atoms with E-state index in [-0.39, 0.29) is 46.1 Å². The molecule has 2 saturated heterocycles. The molecule has 0 amide bonds. The molecule has 2 aliphatic heterocycles. The van der Waals surface area contributed by atoms with Crippen LogP contribution < -0.4 is 0 Å². The summed E-state index contributed by atoms with van der Waals surface area (Å²) in [6.07, 6.45) is 6.86. The number of unbranched alkanes of at least 4 members (excludes halogenated alkanes) is 5. The number of aliphatic carboxylic acids is 4. The van der Waals surface area contributed by atoms with Gasteiger partial charge in [0.2, 0.25) is 0 Å². The normalized spacial score (nSPS) is 23.2. The number of carboxylic acids is 4. The molecule has 4 atom stereocenters. The molecule has 0 aliphatic carbocycles. The van der Waals surface area contributed by atoms with Crippen LogP contribution in [0.3, 0.4) is 0 Å². The van der Waals surface area contributed by atoms with E-state index in [9.17, 15) is 28.8 Å². The number of hydrogen-bond donors (Lipinski definition) is 4. The van der Waals surface area contributed by atoms with Crippen molar-refractivity contribution in [1.29, 1.82) is 0 Å². The fourth-order valence-corrected chi connectivity index (χ4v) is 6.95. The second-order valence-electron chi connectivity index (χ2n) is 16.6. The summed E-state index contributed by atoms with van der Waals surface area (Å²) < 4.78 is 11.9. The summed E-state index contributed by atoms with van der Waals surface area (Å²) in [4.78, 5) is 71.6. The number of carbonyl (C=O) groups excluding carboxylic acids is 2. The lowest BCUT2D eigenvalue weighted by Gasteiger charge is -2.55. The van der Waals surface area contributed by atoms with Gasteiger partial charge in [0.05, 0.1) is 24.7 Å². The van der Waals surface area contributed by atoms with Gasteiger partial charge in [-0.05, 0) is 67.5 Å². The number of likely N-dealkylation sites (tertiary alicyclic amines) is 2. The largest absolute Gasteiger partial charge is 0.481 e. The molecule has 4 N–H and O–H groups in total. The zero-order valence-electron chi connectivity index (χ0n) is 33.2. The van der Waals surface area contributed by atoms with Gasteiger partial charge >= 0.3 is 35.8 Å². The van der Waals surface area contributed by atoms with Crippen molar-refractivity contribution in [1.82, 2.24) is 9.80 Å². The van der Waals surface area contributed by atoms with E-state index in [1.54, 1.807) is 0 Å². The van der Waals surface area contributed by atoms with Crippen molar-refractivity contribution >= 4 is 35.8 Å². The standard InChI is InChI=1S/C30H56N2O4.C8H10O8/c1-27(2)23(19-21-31(9)29(27,5)6)35-25(33)17-15-13-11-12-14-16-18-26(34)36-24-20-22-32(10)30(7,8)28(24,3)4;9-5(10)1-3(7(13)14)4(8(15)16)2-6(11)12/h23-24H,11-22H2,1-10H3;3-4H,1-2H2,(H,9,10)(H,11,12)(H,13,14)(H,15,16). The molecule has 2 rings (SSSR count). The van der Waals surface area contributed by atoms with Crippen LogP contribution in [0.2, 0.25) is 0 Å². The van der Waals surface area contributed by atoms with Crippen molar-refractivity contribution in [3.8, 4) is 0 Å². The van der Waals surface area contributed by atoms with Crippen LogP contribution >= 0.6 is 0 Å². The molecule has 0 aromatic heterocycles. The monoisotopic (exact) mass is 742 g/mol. The lowest BCUT2D eigenvalue weighted by atomic mass is 9.66. The van der Waals surface area contributed by atoms with Crippen LogP contribution in [-0.4, -0.2) is 117 Å². The molecule has 0 aromatic carbocycles. The highest BCUT2D eigenvalue weighted by Gasteiger charge is 2.51. The minimum absolute atomic E-state index is 0.0114. The molecule has 0 spiro atoms. The fraction of sp³-hybridized carbons (Fsp3) is 0.842. The number of piperidine rings is 2. The van der Waals surface area contributed by atoms with Crippen molar-refractivity contribution in [3.05, 3.63) is 0 Å². The van der Waals surface area contributed by atoms with E-state index in [4.69, 9.17) is 29.9 Å². The van der Waals surface area contributed by atoms with Crippen LogP contribution in [0.1, 0.15) is 132 Å². The molecule has 52 heavy (non-hydrogen) atoms. The average molecular weight is 743 g/mol. The SMILES string of the molecule is CN1CCC(OC(=O)CCCCCCCCC(=O)OC2CCN(C)C(C)(C)C2(C)C)C(C)(C)C1(C)C.O=C(O)CC(C(=O)O)C(CC(=O)O)C(=O)O. The smallest absolute Gasteiger partial charge is 0.307 e.